The summed E-state index contributed by atoms with van der Waals surface area (Å²) in [7, 11) is 1.58. The Hall–Kier alpha value is -3.23. The van der Waals surface area contributed by atoms with Crippen LogP contribution in [-0.4, -0.2) is 55.1 Å². The van der Waals surface area contributed by atoms with Gasteiger partial charge in [0.05, 0.1) is 26.2 Å². The lowest BCUT2D eigenvalue weighted by Gasteiger charge is -2.36. The molecule has 36 heavy (non-hydrogen) atoms. The molecule has 1 N–H and O–H groups in total. The molecule has 4 rings (SSSR count). The van der Waals surface area contributed by atoms with Gasteiger partial charge < -0.3 is 24.4 Å². The Morgan fingerprint density at radius 1 is 0.861 bits per heavy atom. The minimum Gasteiger partial charge on any atom is -0.493 e. The van der Waals surface area contributed by atoms with E-state index in [2.05, 4.69) is 34.5 Å². The number of nitrogens with zero attached hydrogens (tertiary/aromatic N) is 1. The topological polar surface area (TPSA) is 77.1 Å². The number of piperidine rings is 1. The van der Waals surface area contributed by atoms with Gasteiger partial charge in [-0.2, -0.15) is 0 Å². The van der Waals surface area contributed by atoms with Gasteiger partial charge in [-0.25, -0.2) is 8.42 Å². The van der Waals surface area contributed by atoms with E-state index in [1.165, 1.54) is 6.26 Å². The van der Waals surface area contributed by atoms with E-state index in [1.54, 1.807) is 33.5 Å². The summed E-state index contributed by atoms with van der Waals surface area (Å²) in [6.07, 6.45) is 3.29. The van der Waals surface area contributed by atoms with Crippen LogP contribution in [0.5, 0.6) is 17.2 Å². The van der Waals surface area contributed by atoms with Gasteiger partial charge in [-0.3, -0.25) is 0 Å². The van der Waals surface area contributed by atoms with E-state index in [9.17, 15) is 8.42 Å². The molecular weight excluding hydrogens is 476 g/mol. The molecule has 0 spiro atoms. The number of sulfone groups is 1. The summed E-state index contributed by atoms with van der Waals surface area (Å²) >= 11 is 0. The van der Waals surface area contributed by atoms with Crippen LogP contribution in [0.25, 0.3) is 11.1 Å². The minimum absolute atomic E-state index is 0.334. The van der Waals surface area contributed by atoms with Crippen molar-refractivity contribution in [2.45, 2.75) is 30.3 Å². The third kappa shape index (κ3) is 5.77. The molecule has 3 aromatic carbocycles. The van der Waals surface area contributed by atoms with Crippen molar-refractivity contribution in [2.75, 3.05) is 45.6 Å². The number of benzene rings is 3. The van der Waals surface area contributed by atoms with Gasteiger partial charge in [-0.15, -0.1) is 0 Å². The second-order valence-electron chi connectivity index (χ2n) is 8.99. The first-order valence-electron chi connectivity index (χ1n) is 12.0. The number of methoxy groups -OCH3 is 3. The highest BCUT2D eigenvalue weighted by atomic mass is 32.2. The van der Waals surface area contributed by atoms with Crippen LogP contribution >= 0.6 is 0 Å². The molecule has 3 aromatic rings. The first-order chi connectivity index (χ1) is 17.3. The average Bonchev–Trinajstić information content (AvgIpc) is 2.91. The lowest BCUT2D eigenvalue weighted by atomic mass is 9.99. The van der Waals surface area contributed by atoms with Crippen LogP contribution in [-0.2, 0) is 16.4 Å². The highest BCUT2D eigenvalue weighted by Gasteiger charge is 2.22. The zero-order chi connectivity index (χ0) is 25.7. The normalized spacial score (nSPS) is 14.3. The number of ether oxygens (including phenoxy) is 3. The quantitative estimate of drug-likeness (QED) is 0.453. The molecule has 0 radical (unpaired) electrons. The summed E-state index contributed by atoms with van der Waals surface area (Å²) in [6, 6.07) is 19.9. The van der Waals surface area contributed by atoms with Gasteiger partial charge in [0.1, 0.15) is 0 Å². The molecule has 1 aliphatic rings. The lowest BCUT2D eigenvalue weighted by molar-refractivity contribution is 0.324. The van der Waals surface area contributed by atoms with Gasteiger partial charge in [0.15, 0.2) is 21.3 Å². The van der Waals surface area contributed by atoms with Crippen LogP contribution in [0.2, 0.25) is 0 Å². The minimum atomic E-state index is -3.24. The largest absolute Gasteiger partial charge is 0.493 e. The molecule has 0 amide bonds. The smallest absolute Gasteiger partial charge is 0.203 e. The van der Waals surface area contributed by atoms with Crippen LogP contribution in [0.4, 0.5) is 5.69 Å². The molecule has 7 nitrogen and oxygen atoms in total. The van der Waals surface area contributed by atoms with Gasteiger partial charge in [0.25, 0.3) is 0 Å². The Morgan fingerprint density at radius 2 is 1.50 bits per heavy atom. The van der Waals surface area contributed by atoms with Crippen LogP contribution in [0, 0.1) is 0 Å². The Balaban J connectivity index is 1.68. The fourth-order valence-corrected chi connectivity index (χ4v) is 5.36. The van der Waals surface area contributed by atoms with Crippen LogP contribution in [0.1, 0.15) is 18.4 Å². The molecule has 0 aliphatic carbocycles. The van der Waals surface area contributed by atoms with E-state index in [0.29, 0.717) is 34.7 Å². The van der Waals surface area contributed by atoms with Gasteiger partial charge in [-0.1, -0.05) is 18.2 Å². The Bertz CT molecular complexity index is 1260. The molecule has 0 unspecified atom stereocenters. The van der Waals surface area contributed by atoms with Crippen molar-refractivity contribution in [3.63, 3.8) is 0 Å². The molecule has 192 valence electrons. The van der Waals surface area contributed by atoms with Crippen molar-refractivity contribution in [3.8, 4) is 28.4 Å². The number of anilines is 1. The molecule has 1 saturated heterocycles. The van der Waals surface area contributed by atoms with Crippen molar-refractivity contribution >= 4 is 15.5 Å². The number of hydrogen-bond donors (Lipinski definition) is 1. The van der Waals surface area contributed by atoms with Crippen LogP contribution in [0.15, 0.2) is 65.6 Å². The zero-order valence-corrected chi connectivity index (χ0v) is 22.1. The monoisotopic (exact) mass is 510 g/mol. The van der Waals surface area contributed by atoms with Gasteiger partial charge >= 0.3 is 0 Å². The summed E-state index contributed by atoms with van der Waals surface area (Å²) < 4.78 is 40.5. The summed E-state index contributed by atoms with van der Waals surface area (Å²) in [5.74, 6) is 1.79. The van der Waals surface area contributed by atoms with Crippen LogP contribution < -0.4 is 24.4 Å². The van der Waals surface area contributed by atoms with Crippen molar-refractivity contribution in [2.24, 2.45) is 0 Å². The molecule has 1 aliphatic heterocycles. The molecule has 0 bridgehead atoms. The average molecular weight is 511 g/mol. The molecule has 1 heterocycles. The number of rotatable bonds is 9. The Morgan fingerprint density at radius 3 is 2.06 bits per heavy atom. The highest BCUT2D eigenvalue weighted by Crippen LogP contribution is 2.41. The molecule has 1 fully saturated rings. The Labute approximate surface area is 213 Å². The summed E-state index contributed by atoms with van der Waals surface area (Å²) in [4.78, 5) is 2.72. The molecule has 0 aromatic heterocycles. The maximum Gasteiger partial charge on any atom is 0.203 e. The van der Waals surface area contributed by atoms with Crippen LogP contribution in [0.3, 0.4) is 0 Å². The molecule has 0 atom stereocenters. The predicted molar refractivity (Wildman–Crippen MR) is 143 cm³/mol. The second-order valence-corrected chi connectivity index (χ2v) is 11.0. The Kier molecular flexibility index (Phi) is 8.06. The second kappa shape index (κ2) is 11.2. The van der Waals surface area contributed by atoms with E-state index in [4.69, 9.17) is 14.2 Å². The summed E-state index contributed by atoms with van der Waals surface area (Å²) in [6.45, 7) is 2.64. The van der Waals surface area contributed by atoms with E-state index in [1.807, 2.05) is 24.3 Å². The highest BCUT2D eigenvalue weighted by molar-refractivity contribution is 7.90. The maximum atomic E-state index is 12.0. The van der Waals surface area contributed by atoms with E-state index in [-0.39, 0.29) is 0 Å². The number of nitrogens with one attached hydrogen (secondary N) is 1. The van der Waals surface area contributed by atoms with E-state index < -0.39 is 9.84 Å². The van der Waals surface area contributed by atoms with E-state index >= 15 is 0 Å². The molecule has 8 heteroatoms. The zero-order valence-electron chi connectivity index (χ0n) is 21.3. The lowest BCUT2D eigenvalue weighted by Crippen LogP contribution is -2.43. The number of hydrogen-bond acceptors (Lipinski definition) is 7. The van der Waals surface area contributed by atoms with Gasteiger partial charge in [0, 0.05) is 24.5 Å². The third-order valence-electron chi connectivity index (χ3n) is 6.62. The molecule has 0 saturated carbocycles. The fraction of sp³-hybridized carbons (Fsp3) is 0.357. The predicted octanol–water partition coefficient (Wildman–Crippen LogP) is 4.54. The van der Waals surface area contributed by atoms with E-state index in [0.717, 1.165) is 48.3 Å². The van der Waals surface area contributed by atoms with Gasteiger partial charge in [-0.05, 0) is 85.1 Å². The van der Waals surface area contributed by atoms with Crippen molar-refractivity contribution in [1.29, 1.82) is 0 Å². The van der Waals surface area contributed by atoms with Crippen molar-refractivity contribution in [1.82, 2.24) is 5.32 Å². The van der Waals surface area contributed by atoms with Crippen molar-refractivity contribution < 1.29 is 22.6 Å². The summed E-state index contributed by atoms with van der Waals surface area (Å²) in [5.41, 5.74) is 4.20. The summed E-state index contributed by atoms with van der Waals surface area (Å²) in [5, 5.41) is 3.44. The fourth-order valence-electron chi connectivity index (χ4n) is 4.73. The maximum absolute atomic E-state index is 12.0. The first kappa shape index (κ1) is 25.9. The SMILES string of the molecule is COc1cc(-c2cccc(CN(c3ccc(S(C)(=O)=O)cc3)C3CCNCC3)c2)cc(OC)c1OC. The first-order valence-corrected chi connectivity index (χ1v) is 13.9. The standard InChI is InChI=1S/C28H34N2O5S/c1-33-26-17-22(18-27(34-2)28(26)35-3)21-7-5-6-20(16-21)19-30(24-12-14-29-15-13-24)23-8-10-25(11-9-23)36(4,31)32/h5-11,16-18,24,29H,12-15,19H2,1-4H3. The van der Waals surface area contributed by atoms with Gasteiger partial charge in [0.2, 0.25) is 5.75 Å². The third-order valence-corrected chi connectivity index (χ3v) is 7.75. The molecular formula is C28H34N2O5S. The van der Waals surface area contributed by atoms with Crippen molar-refractivity contribution in [3.05, 3.63) is 66.2 Å².